The average molecular weight is 227 g/mol. The van der Waals surface area contributed by atoms with Crippen molar-refractivity contribution in [3.05, 3.63) is 34.9 Å². The monoisotopic (exact) mass is 226 g/mol. The Morgan fingerprint density at radius 1 is 1.20 bits per heavy atom. The first kappa shape index (κ1) is 12.5. The van der Waals surface area contributed by atoms with E-state index in [0.717, 1.165) is 11.4 Å². The molecule has 0 spiro atoms. The topological polar surface area (TPSA) is 20.2 Å². The lowest BCUT2D eigenvalue weighted by Gasteiger charge is -2.14. The van der Waals surface area contributed by atoms with E-state index >= 15 is 0 Å². The number of benzene rings is 1. The van der Waals surface area contributed by atoms with Gasteiger partial charge in [0.25, 0.3) is 0 Å². The summed E-state index contributed by atoms with van der Waals surface area (Å²) in [5, 5.41) is 10.1. The van der Waals surface area contributed by atoms with E-state index in [9.17, 15) is 5.11 Å². The molecule has 0 aliphatic carbocycles. The van der Waals surface area contributed by atoms with Crippen molar-refractivity contribution in [2.24, 2.45) is 0 Å². The molecular formula is C13H19ClO. The van der Waals surface area contributed by atoms with Crippen LogP contribution in [-0.2, 0) is 0 Å². The highest BCUT2D eigenvalue weighted by atomic mass is 35.5. The fraction of sp³-hybridized carbons (Fsp3) is 0.538. The van der Waals surface area contributed by atoms with Gasteiger partial charge in [0.2, 0.25) is 0 Å². The van der Waals surface area contributed by atoms with Crippen molar-refractivity contribution in [3.63, 3.8) is 0 Å². The number of aliphatic hydroxyl groups excluding tert-OH is 1. The van der Waals surface area contributed by atoms with Crippen LogP contribution in [0.5, 0.6) is 0 Å². The van der Waals surface area contributed by atoms with Gasteiger partial charge in [-0.15, -0.1) is 0 Å². The Hall–Kier alpha value is -0.530. The summed E-state index contributed by atoms with van der Waals surface area (Å²) in [6.07, 6.45) is 4.71. The largest absolute Gasteiger partial charge is 0.396 e. The molecule has 1 atom stereocenters. The molecule has 0 fully saturated rings. The fourth-order valence-electron chi connectivity index (χ4n) is 1.74. The SMILES string of the molecule is CCCCCC(CO)c1ccc(Cl)cc1. The van der Waals surface area contributed by atoms with Crippen LogP contribution in [0.15, 0.2) is 24.3 Å². The normalized spacial score (nSPS) is 12.7. The third kappa shape index (κ3) is 4.23. The number of unbranched alkanes of at least 4 members (excludes halogenated alkanes) is 2. The van der Waals surface area contributed by atoms with E-state index < -0.39 is 0 Å². The van der Waals surface area contributed by atoms with Crippen molar-refractivity contribution in [1.82, 2.24) is 0 Å². The van der Waals surface area contributed by atoms with E-state index in [1.54, 1.807) is 0 Å². The minimum Gasteiger partial charge on any atom is -0.396 e. The third-order valence-electron chi connectivity index (χ3n) is 2.72. The van der Waals surface area contributed by atoms with E-state index in [2.05, 4.69) is 6.92 Å². The van der Waals surface area contributed by atoms with E-state index in [4.69, 9.17) is 11.6 Å². The fourth-order valence-corrected chi connectivity index (χ4v) is 1.87. The summed E-state index contributed by atoms with van der Waals surface area (Å²) < 4.78 is 0. The zero-order valence-corrected chi connectivity index (χ0v) is 10.0. The Balaban J connectivity index is 2.53. The number of rotatable bonds is 6. The van der Waals surface area contributed by atoms with Crippen molar-refractivity contribution < 1.29 is 5.11 Å². The van der Waals surface area contributed by atoms with Crippen LogP contribution in [0, 0.1) is 0 Å². The summed E-state index contributed by atoms with van der Waals surface area (Å²) >= 11 is 5.82. The maximum absolute atomic E-state index is 9.32. The van der Waals surface area contributed by atoms with Gasteiger partial charge in [0.05, 0.1) is 0 Å². The number of aliphatic hydroxyl groups is 1. The van der Waals surface area contributed by atoms with Crippen molar-refractivity contribution in [3.8, 4) is 0 Å². The summed E-state index contributed by atoms with van der Waals surface area (Å²) in [6.45, 7) is 2.42. The van der Waals surface area contributed by atoms with Crippen LogP contribution < -0.4 is 0 Å². The van der Waals surface area contributed by atoms with Gasteiger partial charge in [0.1, 0.15) is 0 Å². The molecule has 0 radical (unpaired) electrons. The lowest BCUT2D eigenvalue weighted by Crippen LogP contribution is -2.03. The molecule has 15 heavy (non-hydrogen) atoms. The van der Waals surface area contributed by atoms with Crippen LogP contribution >= 0.6 is 11.6 Å². The van der Waals surface area contributed by atoms with Gasteiger partial charge < -0.3 is 5.11 Å². The van der Waals surface area contributed by atoms with Crippen molar-refractivity contribution in [1.29, 1.82) is 0 Å². The summed E-state index contributed by atoms with van der Waals surface area (Å²) in [7, 11) is 0. The first-order valence-electron chi connectivity index (χ1n) is 5.64. The number of hydrogen-bond acceptors (Lipinski definition) is 1. The highest BCUT2D eigenvalue weighted by Gasteiger charge is 2.09. The summed E-state index contributed by atoms with van der Waals surface area (Å²) in [5.41, 5.74) is 1.19. The van der Waals surface area contributed by atoms with Gasteiger partial charge in [0.15, 0.2) is 0 Å². The number of halogens is 1. The van der Waals surface area contributed by atoms with Crippen LogP contribution in [0.2, 0.25) is 5.02 Å². The van der Waals surface area contributed by atoms with Crippen molar-refractivity contribution in [2.45, 2.75) is 38.5 Å². The molecule has 0 heterocycles. The van der Waals surface area contributed by atoms with Crippen LogP contribution in [0.25, 0.3) is 0 Å². The first-order chi connectivity index (χ1) is 7.27. The number of hydrogen-bond donors (Lipinski definition) is 1. The molecule has 1 N–H and O–H groups in total. The molecule has 0 aliphatic rings. The van der Waals surface area contributed by atoms with E-state index in [1.165, 1.54) is 24.8 Å². The highest BCUT2D eigenvalue weighted by molar-refractivity contribution is 6.30. The molecule has 1 nitrogen and oxygen atoms in total. The van der Waals surface area contributed by atoms with Crippen molar-refractivity contribution >= 4 is 11.6 Å². The molecule has 0 bridgehead atoms. The van der Waals surface area contributed by atoms with Gasteiger partial charge in [-0.3, -0.25) is 0 Å². The molecule has 0 saturated carbocycles. The predicted molar refractivity (Wildman–Crippen MR) is 65.4 cm³/mol. The van der Waals surface area contributed by atoms with Crippen LogP contribution in [0.3, 0.4) is 0 Å². The molecule has 0 aromatic heterocycles. The van der Waals surface area contributed by atoms with Crippen LogP contribution in [0.4, 0.5) is 0 Å². The standard InChI is InChI=1S/C13H19ClO/c1-2-3-4-5-12(10-15)11-6-8-13(14)9-7-11/h6-9,12,15H,2-5,10H2,1H3. The summed E-state index contributed by atoms with van der Waals surface area (Å²) in [6, 6.07) is 7.79. The maximum Gasteiger partial charge on any atom is 0.0499 e. The quantitative estimate of drug-likeness (QED) is 0.728. The Bertz CT molecular complexity index is 268. The minimum absolute atomic E-state index is 0.228. The second-order valence-corrected chi connectivity index (χ2v) is 4.36. The van der Waals surface area contributed by atoms with Crippen LogP contribution in [0.1, 0.15) is 44.1 Å². The Labute approximate surface area is 97.1 Å². The van der Waals surface area contributed by atoms with E-state index in [1.807, 2.05) is 24.3 Å². The molecule has 2 heteroatoms. The summed E-state index contributed by atoms with van der Waals surface area (Å²) in [4.78, 5) is 0. The maximum atomic E-state index is 9.32. The molecular weight excluding hydrogens is 208 g/mol. The third-order valence-corrected chi connectivity index (χ3v) is 2.97. The highest BCUT2D eigenvalue weighted by Crippen LogP contribution is 2.23. The van der Waals surface area contributed by atoms with Gasteiger partial charge in [-0.25, -0.2) is 0 Å². The molecule has 1 aromatic rings. The Morgan fingerprint density at radius 2 is 1.87 bits per heavy atom. The average Bonchev–Trinajstić information content (AvgIpc) is 2.26. The molecule has 1 rings (SSSR count). The first-order valence-corrected chi connectivity index (χ1v) is 6.02. The zero-order chi connectivity index (χ0) is 11.1. The van der Waals surface area contributed by atoms with E-state index in [-0.39, 0.29) is 12.5 Å². The second kappa shape index (κ2) is 6.86. The van der Waals surface area contributed by atoms with Gasteiger partial charge in [-0.1, -0.05) is 49.9 Å². The molecule has 1 unspecified atom stereocenters. The molecule has 0 saturated heterocycles. The zero-order valence-electron chi connectivity index (χ0n) is 9.25. The predicted octanol–water partition coefficient (Wildman–Crippen LogP) is 4.00. The Kier molecular flexibility index (Phi) is 5.74. The molecule has 1 aromatic carbocycles. The van der Waals surface area contributed by atoms with Crippen LogP contribution in [-0.4, -0.2) is 11.7 Å². The van der Waals surface area contributed by atoms with Gasteiger partial charge in [-0.05, 0) is 24.1 Å². The molecule has 84 valence electrons. The van der Waals surface area contributed by atoms with Gasteiger partial charge >= 0.3 is 0 Å². The van der Waals surface area contributed by atoms with Crippen molar-refractivity contribution in [2.75, 3.05) is 6.61 Å². The van der Waals surface area contributed by atoms with Gasteiger partial charge in [-0.2, -0.15) is 0 Å². The van der Waals surface area contributed by atoms with E-state index in [0.29, 0.717) is 0 Å². The minimum atomic E-state index is 0.228. The molecule has 0 aliphatic heterocycles. The Morgan fingerprint density at radius 3 is 2.40 bits per heavy atom. The van der Waals surface area contributed by atoms with Gasteiger partial charge in [0, 0.05) is 17.5 Å². The smallest absolute Gasteiger partial charge is 0.0499 e. The second-order valence-electron chi connectivity index (χ2n) is 3.93. The summed E-state index contributed by atoms with van der Waals surface area (Å²) in [5.74, 6) is 0.272. The lowest BCUT2D eigenvalue weighted by molar-refractivity contribution is 0.256. The lowest BCUT2D eigenvalue weighted by atomic mass is 9.94. The molecule has 0 amide bonds.